The van der Waals surface area contributed by atoms with Gasteiger partial charge in [0, 0.05) is 25.0 Å². The number of aliphatic carboxylic acids is 1. The van der Waals surface area contributed by atoms with Crippen molar-refractivity contribution in [3.8, 4) is 0 Å². The topological polar surface area (TPSA) is 69.6 Å². The fraction of sp³-hybridized carbons (Fsp3) is 0.867. The summed E-state index contributed by atoms with van der Waals surface area (Å²) in [5, 5.41) is 12.0. The summed E-state index contributed by atoms with van der Waals surface area (Å²) in [5.74, 6) is -0.221. The highest BCUT2D eigenvalue weighted by atomic mass is 16.4. The number of nitrogens with zero attached hydrogens (tertiary/aromatic N) is 1. The molecule has 1 heterocycles. The molecule has 2 N–H and O–H groups in total. The molecule has 1 saturated heterocycles. The summed E-state index contributed by atoms with van der Waals surface area (Å²) in [6.45, 7) is 2.95. The maximum absolute atomic E-state index is 12.4. The van der Waals surface area contributed by atoms with Crippen molar-refractivity contribution in [3.05, 3.63) is 0 Å². The molecule has 5 heteroatoms. The lowest BCUT2D eigenvalue weighted by Crippen LogP contribution is -2.51. The zero-order valence-corrected chi connectivity index (χ0v) is 12.3. The van der Waals surface area contributed by atoms with E-state index in [2.05, 4.69) is 12.2 Å². The molecule has 1 saturated carbocycles. The summed E-state index contributed by atoms with van der Waals surface area (Å²) < 4.78 is 0. The van der Waals surface area contributed by atoms with E-state index < -0.39 is 5.97 Å². The maximum Gasteiger partial charge on any atom is 0.317 e. The molecule has 2 rings (SSSR count). The van der Waals surface area contributed by atoms with Crippen molar-refractivity contribution in [2.24, 2.45) is 5.92 Å². The zero-order valence-electron chi connectivity index (χ0n) is 12.3. The van der Waals surface area contributed by atoms with Crippen molar-refractivity contribution < 1.29 is 14.7 Å². The van der Waals surface area contributed by atoms with Crippen molar-refractivity contribution >= 4 is 12.0 Å². The second-order valence-electron chi connectivity index (χ2n) is 6.24. The van der Waals surface area contributed by atoms with Crippen molar-refractivity contribution in [1.82, 2.24) is 10.2 Å². The van der Waals surface area contributed by atoms with E-state index in [0.29, 0.717) is 18.4 Å². The van der Waals surface area contributed by atoms with Gasteiger partial charge in [0.05, 0.1) is 0 Å². The van der Waals surface area contributed by atoms with E-state index >= 15 is 0 Å². The van der Waals surface area contributed by atoms with Crippen molar-refractivity contribution in [1.29, 1.82) is 0 Å². The molecule has 0 aromatic heterocycles. The molecule has 3 unspecified atom stereocenters. The van der Waals surface area contributed by atoms with Crippen molar-refractivity contribution in [2.75, 3.05) is 6.54 Å². The first-order chi connectivity index (χ1) is 9.58. The highest BCUT2D eigenvalue weighted by Gasteiger charge is 2.31. The molecule has 0 aromatic rings. The van der Waals surface area contributed by atoms with Crippen LogP contribution in [0, 0.1) is 5.92 Å². The largest absolute Gasteiger partial charge is 0.481 e. The molecular weight excluding hydrogens is 256 g/mol. The number of hydrogen-bond acceptors (Lipinski definition) is 2. The van der Waals surface area contributed by atoms with E-state index in [1.807, 2.05) is 4.90 Å². The Morgan fingerprint density at radius 3 is 2.65 bits per heavy atom. The molecule has 2 fully saturated rings. The van der Waals surface area contributed by atoms with Crippen LogP contribution < -0.4 is 5.32 Å². The molecule has 0 radical (unpaired) electrons. The standard InChI is InChI=1S/C15H26N2O3/c1-11-5-4-7-13(11)16-15(20)17-10-3-2-6-12(17)8-9-14(18)19/h11-13H,2-10H2,1H3,(H,16,20)(H,18,19). The lowest BCUT2D eigenvalue weighted by atomic mass is 9.98. The minimum Gasteiger partial charge on any atom is -0.481 e. The van der Waals surface area contributed by atoms with Crippen molar-refractivity contribution in [3.63, 3.8) is 0 Å². The molecule has 0 spiro atoms. The quantitative estimate of drug-likeness (QED) is 0.832. The summed E-state index contributed by atoms with van der Waals surface area (Å²) in [6.07, 6.45) is 7.21. The Kier molecular flexibility index (Phi) is 5.26. The van der Waals surface area contributed by atoms with Crippen molar-refractivity contribution in [2.45, 2.75) is 70.4 Å². The minimum absolute atomic E-state index is 0.0128. The predicted octanol–water partition coefficient (Wildman–Crippen LogP) is 2.60. The van der Waals surface area contributed by atoms with Gasteiger partial charge in [0.2, 0.25) is 0 Å². The van der Waals surface area contributed by atoms with Crippen LogP contribution in [0.1, 0.15) is 58.3 Å². The van der Waals surface area contributed by atoms with Crippen LogP contribution in [-0.4, -0.2) is 40.6 Å². The number of likely N-dealkylation sites (tertiary alicyclic amines) is 1. The average molecular weight is 282 g/mol. The van der Waals surface area contributed by atoms with Crippen LogP contribution in [0.3, 0.4) is 0 Å². The zero-order chi connectivity index (χ0) is 14.5. The number of amides is 2. The summed E-state index contributed by atoms with van der Waals surface area (Å²) in [5.41, 5.74) is 0. The molecular formula is C15H26N2O3. The van der Waals surface area contributed by atoms with E-state index in [9.17, 15) is 9.59 Å². The third-order valence-corrected chi connectivity index (χ3v) is 4.75. The molecule has 5 nitrogen and oxygen atoms in total. The van der Waals surface area contributed by atoms with E-state index in [-0.39, 0.29) is 18.5 Å². The Morgan fingerprint density at radius 1 is 1.20 bits per heavy atom. The van der Waals surface area contributed by atoms with Gasteiger partial charge in [-0.15, -0.1) is 0 Å². The number of piperidine rings is 1. The summed E-state index contributed by atoms with van der Waals surface area (Å²) in [7, 11) is 0. The Hall–Kier alpha value is -1.26. The molecule has 1 aliphatic carbocycles. The number of rotatable bonds is 4. The van der Waals surface area contributed by atoms with Gasteiger partial charge in [0.1, 0.15) is 0 Å². The number of nitrogens with one attached hydrogen (secondary N) is 1. The molecule has 2 aliphatic rings. The van der Waals surface area contributed by atoms with E-state index in [0.717, 1.165) is 32.2 Å². The maximum atomic E-state index is 12.4. The number of carbonyl (C=O) groups is 2. The predicted molar refractivity (Wildman–Crippen MR) is 76.5 cm³/mol. The Labute approximate surface area is 120 Å². The van der Waals surface area contributed by atoms with Gasteiger partial charge in [-0.2, -0.15) is 0 Å². The number of urea groups is 1. The number of carbonyl (C=O) groups excluding carboxylic acids is 1. The normalized spacial score (nSPS) is 30.2. The Balaban J connectivity index is 1.89. The molecule has 3 atom stereocenters. The third-order valence-electron chi connectivity index (χ3n) is 4.75. The monoisotopic (exact) mass is 282 g/mol. The summed E-state index contributed by atoms with van der Waals surface area (Å²) >= 11 is 0. The molecule has 0 aromatic carbocycles. The average Bonchev–Trinajstić information content (AvgIpc) is 2.82. The van der Waals surface area contributed by atoms with Crippen LogP contribution in [0.15, 0.2) is 0 Å². The van der Waals surface area contributed by atoms with Gasteiger partial charge < -0.3 is 15.3 Å². The first-order valence-electron chi connectivity index (χ1n) is 7.87. The van der Waals surface area contributed by atoms with Gasteiger partial charge >= 0.3 is 12.0 Å². The highest BCUT2D eigenvalue weighted by molar-refractivity contribution is 5.75. The summed E-state index contributed by atoms with van der Waals surface area (Å²) in [4.78, 5) is 25.0. The first-order valence-corrected chi connectivity index (χ1v) is 7.87. The van der Waals surface area contributed by atoms with Gasteiger partial charge in [0.25, 0.3) is 0 Å². The fourth-order valence-corrected chi connectivity index (χ4v) is 3.46. The van der Waals surface area contributed by atoms with Crippen LogP contribution in [0.2, 0.25) is 0 Å². The van der Waals surface area contributed by atoms with E-state index in [1.54, 1.807) is 0 Å². The molecule has 2 amide bonds. The smallest absolute Gasteiger partial charge is 0.317 e. The fourth-order valence-electron chi connectivity index (χ4n) is 3.46. The van der Waals surface area contributed by atoms with Crippen LogP contribution in [0.4, 0.5) is 4.79 Å². The second-order valence-corrected chi connectivity index (χ2v) is 6.24. The van der Waals surface area contributed by atoms with Crippen LogP contribution >= 0.6 is 0 Å². The second kappa shape index (κ2) is 6.95. The van der Waals surface area contributed by atoms with Gasteiger partial charge in [-0.3, -0.25) is 4.79 Å². The third kappa shape index (κ3) is 3.87. The molecule has 1 aliphatic heterocycles. The Bertz CT molecular complexity index is 359. The van der Waals surface area contributed by atoms with Crippen LogP contribution in [0.5, 0.6) is 0 Å². The molecule has 0 bridgehead atoms. The van der Waals surface area contributed by atoms with Gasteiger partial charge in [0.15, 0.2) is 0 Å². The highest BCUT2D eigenvalue weighted by Crippen LogP contribution is 2.26. The van der Waals surface area contributed by atoms with E-state index in [1.165, 1.54) is 12.8 Å². The molecule has 114 valence electrons. The lowest BCUT2D eigenvalue weighted by Gasteiger charge is -2.36. The van der Waals surface area contributed by atoms with Gasteiger partial charge in [-0.1, -0.05) is 13.3 Å². The minimum atomic E-state index is -0.777. The number of carboxylic acids is 1. The van der Waals surface area contributed by atoms with Crippen LogP contribution in [-0.2, 0) is 4.79 Å². The SMILES string of the molecule is CC1CCCC1NC(=O)N1CCCCC1CCC(=O)O. The number of hydrogen-bond donors (Lipinski definition) is 2. The summed E-state index contributed by atoms with van der Waals surface area (Å²) in [6, 6.07) is 0.403. The van der Waals surface area contributed by atoms with E-state index in [4.69, 9.17) is 5.11 Å². The van der Waals surface area contributed by atoms with Crippen LogP contribution in [0.25, 0.3) is 0 Å². The van der Waals surface area contributed by atoms with Gasteiger partial charge in [-0.25, -0.2) is 4.79 Å². The van der Waals surface area contributed by atoms with Gasteiger partial charge in [-0.05, 0) is 44.4 Å². The molecule has 20 heavy (non-hydrogen) atoms. The Morgan fingerprint density at radius 2 is 2.00 bits per heavy atom. The first kappa shape index (κ1) is 15.1. The number of carboxylic acid groups (broad SMARTS) is 1. The lowest BCUT2D eigenvalue weighted by molar-refractivity contribution is -0.137.